The average molecular weight is 240 g/mol. The van der Waals surface area contributed by atoms with Crippen molar-refractivity contribution in [3.05, 3.63) is 41.2 Å². The summed E-state index contributed by atoms with van der Waals surface area (Å²) in [4.78, 5) is 4.13. The second-order valence-corrected chi connectivity index (χ2v) is 3.52. The van der Waals surface area contributed by atoms with Crippen molar-refractivity contribution in [1.82, 2.24) is 14.8 Å². The minimum absolute atomic E-state index is 0.618. The van der Waals surface area contributed by atoms with Gasteiger partial charge in [0.1, 0.15) is 6.33 Å². The maximum Gasteiger partial charge on any atom is 0.181 e. The van der Waals surface area contributed by atoms with E-state index in [0.29, 0.717) is 10.8 Å². The summed E-state index contributed by atoms with van der Waals surface area (Å²) >= 11 is 11.3. The quantitative estimate of drug-likeness (QED) is 0.806. The molecule has 0 fully saturated rings. The average Bonchev–Trinajstić information content (AvgIpc) is 2.67. The molecule has 0 saturated heterocycles. The van der Waals surface area contributed by atoms with Gasteiger partial charge in [0.15, 0.2) is 5.82 Å². The maximum absolute atomic E-state index is 5.87. The summed E-state index contributed by atoms with van der Waals surface area (Å²) in [6, 6.07) is 7.37. The topological polar surface area (TPSA) is 30.7 Å². The molecular weight excluding hydrogens is 233 g/mol. The van der Waals surface area contributed by atoms with Gasteiger partial charge in [-0.2, -0.15) is 0 Å². The van der Waals surface area contributed by atoms with E-state index in [1.165, 1.54) is 10.2 Å². The van der Waals surface area contributed by atoms with Crippen LogP contribution in [0, 0.1) is 0 Å². The minimum Gasteiger partial charge on any atom is -0.227 e. The SMILES string of the molecule is Cl/C=C/n1cnc(-c2cccc(Cl)c2)n1. The first-order chi connectivity index (χ1) is 7.29. The van der Waals surface area contributed by atoms with Crippen LogP contribution >= 0.6 is 23.2 Å². The molecular formula is C10H7Cl2N3. The summed E-state index contributed by atoms with van der Waals surface area (Å²) in [5, 5.41) is 4.85. The Morgan fingerprint density at radius 2 is 2.20 bits per heavy atom. The highest BCUT2D eigenvalue weighted by Gasteiger charge is 2.02. The Labute approximate surface area is 97.0 Å². The molecule has 0 saturated carbocycles. The number of nitrogens with zero attached hydrogens (tertiary/aromatic N) is 3. The molecule has 0 atom stereocenters. The number of rotatable bonds is 2. The zero-order valence-electron chi connectivity index (χ0n) is 7.64. The molecule has 1 aromatic heterocycles. The maximum atomic E-state index is 5.87. The molecule has 0 N–H and O–H groups in total. The molecule has 1 heterocycles. The first-order valence-corrected chi connectivity index (χ1v) is 5.05. The van der Waals surface area contributed by atoms with Gasteiger partial charge in [-0.05, 0) is 12.1 Å². The first kappa shape index (κ1) is 10.2. The molecule has 3 nitrogen and oxygen atoms in total. The molecule has 0 spiro atoms. The van der Waals surface area contributed by atoms with Gasteiger partial charge in [0.2, 0.25) is 0 Å². The van der Waals surface area contributed by atoms with Gasteiger partial charge in [0.05, 0.1) is 0 Å². The van der Waals surface area contributed by atoms with Crippen molar-refractivity contribution in [2.24, 2.45) is 0 Å². The third-order valence-corrected chi connectivity index (χ3v) is 2.15. The van der Waals surface area contributed by atoms with E-state index >= 15 is 0 Å². The van der Waals surface area contributed by atoms with Crippen LogP contribution in [0.25, 0.3) is 17.6 Å². The van der Waals surface area contributed by atoms with Gasteiger partial charge in [-0.1, -0.05) is 35.3 Å². The van der Waals surface area contributed by atoms with Crippen molar-refractivity contribution in [3.8, 4) is 11.4 Å². The molecule has 0 amide bonds. The van der Waals surface area contributed by atoms with Gasteiger partial charge in [0, 0.05) is 22.3 Å². The van der Waals surface area contributed by atoms with Crippen LogP contribution in [0.2, 0.25) is 5.02 Å². The van der Waals surface area contributed by atoms with Gasteiger partial charge in [-0.15, -0.1) is 5.10 Å². The van der Waals surface area contributed by atoms with E-state index in [9.17, 15) is 0 Å². The van der Waals surface area contributed by atoms with Crippen LogP contribution < -0.4 is 0 Å². The van der Waals surface area contributed by atoms with Crippen molar-refractivity contribution >= 4 is 29.4 Å². The molecule has 1 aromatic carbocycles. The number of halogens is 2. The number of hydrogen-bond donors (Lipinski definition) is 0. The monoisotopic (exact) mass is 239 g/mol. The molecule has 0 aliphatic carbocycles. The lowest BCUT2D eigenvalue weighted by atomic mass is 10.2. The third-order valence-electron chi connectivity index (χ3n) is 1.80. The highest BCUT2D eigenvalue weighted by atomic mass is 35.5. The normalized spacial score (nSPS) is 11.1. The summed E-state index contributed by atoms with van der Waals surface area (Å²) in [6.07, 6.45) is 3.18. The summed E-state index contributed by atoms with van der Waals surface area (Å²) in [5.74, 6) is 0.618. The highest BCUT2D eigenvalue weighted by molar-refractivity contribution is 6.30. The van der Waals surface area contributed by atoms with E-state index in [1.54, 1.807) is 18.6 Å². The summed E-state index contributed by atoms with van der Waals surface area (Å²) in [7, 11) is 0. The van der Waals surface area contributed by atoms with Crippen LogP contribution in [-0.4, -0.2) is 14.8 Å². The predicted octanol–water partition coefficient (Wildman–Crippen LogP) is 3.27. The zero-order valence-corrected chi connectivity index (χ0v) is 9.15. The van der Waals surface area contributed by atoms with Gasteiger partial charge in [-0.3, -0.25) is 0 Å². The minimum atomic E-state index is 0.618. The number of hydrogen-bond acceptors (Lipinski definition) is 2. The van der Waals surface area contributed by atoms with E-state index in [2.05, 4.69) is 10.1 Å². The van der Waals surface area contributed by atoms with E-state index in [4.69, 9.17) is 23.2 Å². The van der Waals surface area contributed by atoms with Crippen LogP contribution in [-0.2, 0) is 0 Å². The molecule has 2 aromatic rings. The molecule has 2 rings (SSSR count). The number of benzene rings is 1. The Kier molecular flexibility index (Phi) is 3.04. The van der Waals surface area contributed by atoms with Crippen LogP contribution in [0.3, 0.4) is 0 Å². The summed E-state index contributed by atoms with van der Waals surface area (Å²) < 4.78 is 1.53. The molecule has 15 heavy (non-hydrogen) atoms. The van der Waals surface area contributed by atoms with Crippen molar-refractivity contribution < 1.29 is 0 Å². The Bertz CT molecular complexity index is 491. The van der Waals surface area contributed by atoms with Crippen molar-refractivity contribution in [1.29, 1.82) is 0 Å². The lowest BCUT2D eigenvalue weighted by molar-refractivity contribution is 0.938. The van der Waals surface area contributed by atoms with Crippen LogP contribution in [0.4, 0.5) is 0 Å². The smallest absolute Gasteiger partial charge is 0.181 e. The molecule has 76 valence electrons. The van der Waals surface area contributed by atoms with E-state index in [-0.39, 0.29) is 0 Å². The fraction of sp³-hybridized carbons (Fsp3) is 0. The van der Waals surface area contributed by atoms with Crippen molar-refractivity contribution in [2.75, 3.05) is 0 Å². The molecule has 0 unspecified atom stereocenters. The van der Waals surface area contributed by atoms with Gasteiger partial charge >= 0.3 is 0 Å². The molecule has 0 aliphatic rings. The fourth-order valence-corrected chi connectivity index (χ4v) is 1.47. The standard InChI is InChI=1S/C10H7Cl2N3/c11-4-5-15-7-13-10(14-15)8-2-1-3-9(12)6-8/h1-7H/b5-4+. The van der Waals surface area contributed by atoms with E-state index in [0.717, 1.165) is 5.56 Å². The fourth-order valence-electron chi connectivity index (χ4n) is 1.16. The highest BCUT2D eigenvalue weighted by Crippen LogP contribution is 2.18. The summed E-state index contributed by atoms with van der Waals surface area (Å²) in [5.41, 5.74) is 2.25. The molecule has 5 heteroatoms. The summed E-state index contributed by atoms with van der Waals surface area (Å²) in [6.45, 7) is 0. The van der Waals surface area contributed by atoms with Gasteiger partial charge in [0.25, 0.3) is 0 Å². The van der Waals surface area contributed by atoms with Crippen molar-refractivity contribution in [2.45, 2.75) is 0 Å². The molecule has 0 radical (unpaired) electrons. The Morgan fingerprint density at radius 1 is 1.33 bits per heavy atom. The second kappa shape index (κ2) is 4.47. The van der Waals surface area contributed by atoms with Crippen LogP contribution in [0.1, 0.15) is 0 Å². The van der Waals surface area contributed by atoms with E-state index < -0.39 is 0 Å². The Balaban J connectivity index is 2.37. The lowest BCUT2D eigenvalue weighted by Crippen LogP contribution is -1.86. The first-order valence-electron chi connectivity index (χ1n) is 4.23. The third kappa shape index (κ3) is 2.37. The van der Waals surface area contributed by atoms with Crippen molar-refractivity contribution in [3.63, 3.8) is 0 Å². The van der Waals surface area contributed by atoms with Crippen LogP contribution in [0.5, 0.6) is 0 Å². The van der Waals surface area contributed by atoms with Gasteiger partial charge < -0.3 is 0 Å². The second-order valence-electron chi connectivity index (χ2n) is 2.83. The van der Waals surface area contributed by atoms with Crippen LogP contribution in [0.15, 0.2) is 36.1 Å². The lowest BCUT2D eigenvalue weighted by Gasteiger charge is -1.94. The predicted molar refractivity (Wildman–Crippen MR) is 61.7 cm³/mol. The Morgan fingerprint density at radius 3 is 2.93 bits per heavy atom. The zero-order chi connectivity index (χ0) is 10.7. The van der Waals surface area contributed by atoms with E-state index in [1.807, 2.05) is 18.2 Å². The molecule has 0 bridgehead atoms. The Hall–Kier alpha value is -1.32. The largest absolute Gasteiger partial charge is 0.227 e. The molecule has 0 aliphatic heterocycles. The van der Waals surface area contributed by atoms with Gasteiger partial charge in [-0.25, -0.2) is 9.67 Å². The number of aromatic nitrogens is 3.